The number of nitrogens with one attached hydrogen (secondary N) is 1. The molecule has 0 unspecified atom stereocenters. The van der Waals surface area contributed by atoms with E-state index >= 15 is 0 Å². The van der Waals surface area contributed by atoms with Crippen LogP contribution in [-0.4, -0.2) is 31.5 Å². The Kier molecular flexibility index (Phi) is 6.58. The predicted molar refractivity (Wildman–Crippen MR) is 105 cm³/mol. The molecular formula is C22H29NO4. The molecule has 1 saturated carbocycles. The van der Waals surface area contributed by atoms with Gasteiger partial charge >= 0.3 is 0 Å². The normalized spacial score (nSPS) is 15.5. The molecule has 5 heteroatoms. The summed E-state index contributed by atoms with van der Waals surface area (Å²) in [4.78, 5) is 0. The summed E-state index contributed by atoms with van der Waals surface area (Å²) in [5.74, 6) is 1.88. The van der Waals surface area contributed by atoms with Gasteiger partial charge in [0.1, 0.15) is 6.61 Å². The highest BCUT2D eigenvalue weighted by atomic mass is 16.5. The summed E-state index contributed by atoms with van der Waals surface area (Å²) < 4.78 is 17.1. The average Bonchev–Trinajstić information content (AvgIpc) is 3.13. The molecule has 1 fully saturated rings. The van der Waals surface area contributed by atoms with Gasteiger partial charge in [-0.1, -0.05) is 43.2 Å². The first-order chi connectivity index (χ1) is 13.1. The van der Waals surface area contributed by atoms with Crippen LogP contribution in [0.1, 0.15) is 36.8 Å². The van der Waals surface area contributed by atoms with Crippen LogP contribution in [0.4, 0.5) is 0 Å². The molecule has 1 aliphatic rings. The van der Waals surface area contributed by atoms with Gasteiger partial charge in [0.2, 0.25) is 5.75 Å². The minimum atomic E-state index is -0.563. The van der Waals surface area contributed by atoms with Crippen LogP contribution < -0.4 is 19.5 Å². The third-order valence-corrected chi connectivity index (χ3v) is 5.06. The summed E-state index contributed by atoms with van der Waals surface area (Å²) in [6.45, 7) is 1.68. The van der Waals surface area contributed by atoms with E-state index in [9.17, 15) is 5.11 Å². The van der Waals surface area contributed by atoms with Crippen molar-refractivity contribution in [3.8, 4) is 17.2 Å². The fourth-order valence-corrected chi connectivity index (χ4v) is 3.56. The lowest BCUT2D eigenvalue weighted by molar-refractivity contribution is 0.0475. The van der Waals surface area contributed by atoms with E-state index in [4.69, 9.17) is 14.2 Å². The van der Waals surface area contributed by atoms with Gasteiger partial charge in [-0.05, 0) is 36.1 Å². The maximum atomic E-state index is 10.5. The van der Waals surface area contributed by atoms with Crippen LogP contribution in [-0.2, 0) is 13.2 Å². The SMILES string of the molecule is COc1cc(CNCC2(O)CCCC2)cc(OC)c1OCc1ccccc1. The predicted octanol–water partition coefficient (Wildman–Crippen LogP) is 3.68. The molecule has 5 nitrogen and oxygen atoms in total. The molecule has 0 heterocycles. The molecule has 0 aliphatic heterocycles. The average molecular weight is 371 g/mol. The Morgan fingerprint density at radius 2 is 1.59 bits per heavy atom. The third-order valence-electron chi connectivity index (χ3n) is 5.06. The van der Waals surface area contributed by atoms with Crippen LogP contribution in [0.3, 0.4) is 0 Å². The minimum absolute atomic E-state index is 0.443. The van der Waals surface area contributed by atoms with Crippen molar-refractivity contribution >= 4 is 0 Å². The van der Waals surface area contributed by atoms with Gasteiger partial charge in [-0.25, -0.2) is 0 Å². The molecule has 0 amide bonds. The lowest BCUT2D eigenvalue weighted by Gasteiger charge is -2.23. The summed E-state index contributed by atoms with van der Waals surface area (Å²) in [6.07, 6.45) is 3.96. The van der Waals surface area contributed by atoms with Crippen LogP contribution in [0, 0.1) is 0 Å². The van der Waals surface area contributed by atoms with E-state index in [0.29, 0.717) is 36.9 Å². The van der Waals surface area contributed by atoms with Gasteiger partial charge in [-0.15, -0.1) is 0 Å². The smallest absolute Gasteiger partial charge is 0.203 e. The van der Waals surface area contributed by atoms with Crippen molar-refractivity contribution in [3.05, 3.63) is 53.6 Å². The largest absolute Gasteiger partial charge is 0.493 e. The lowest BCUT2D eigenvalue weighted by Crippen LogP contribution is -2.37. The zero-order valence-corrected chi connectivity index (χ0v) is 16.2. The van der Waals surface area contributed by atoms with Crippen LogP contribution in [0.2, 0.25) is 0 Å². The molecule has 0 bridgehead atoms. The Labute approximate surface area is 161 Å². The fourth-order valence-electron chi connectivity index (χ4n) is 3.56. The Morgan fingerprint density at radius 3 is 2.19 bits per heavy atom. The molecule has 1 aliphatic carbocycles. The molecule has 2 N–H and O–H groups in total. The van der Waals surface area contributed by atoms with Gasteiger partial charge in [0.25, 0.3) is 0 Å². The van der Waals surface area contributed by atoms with Gasteiger partial charge in [0, 0.05) is 13.1 Å². The van der Waals surface area contributed by atoms with E-state index in [1.165, 1.54) is 0 Å². The number of hydrogen-bond acceptors (Lipinski definition) is 5. The molecule has 146 valence electrons. The van der Waals surface area contributed by atoms with Crippen molar-refractivity contribution in [3.63, 3.8) is 0 Å². The van der Waals surface area contributed by atoms with Crippen molar-refractivity contribution < 1.29 is 19.3 Å². The number of methoxy groups -OCH3 is 2. The Morgan fingerprint density at radius 1 is 0.963 bits per heavy atom. The molecule has 2 aromatic rings. The highest BCUT2D eigenvalue weighted by molar-refractivity contribution is 5.54. The highest BCUT2D eigenvalue weighted by Crippen LogP contribution is 2.39. The second kappa shape index (κ2) is 9.11. The Balaban J connectivity index is 1.67. The molecule has 0 atom stereocenters. The monoisotopic (exact) mass is 371 g/mol. The van der Waals surface area contributed by atoms with Gasteiger partial charge < -0.3 is 24.6 Å². The second-order valence-corrected chi connectivity index (χ2v) is 7.14. The van der Waals surface area contributed by atoms with Gasteiger partial charge in [-0.2, -0.15) is 0 Å². The zero-order chi connectivity index (χ0) is 19.1. The molecule has 0 saturated heterocycles. The number of rotatable bonds is 9. The molecule has 27 heavy (non-hydrogen) atoms. The van der Waals surface area contributed by atoms with E-state index in [1.54, 1.807) is 14.2 Å². The molecule has 2 aromatic carbocycles. The minimum Gasteiger partial charge on any atom is -0.493 e. The van der Waals surface area contributed by atoms with E-state index < -0.39 is 5.60 Å². The first kappa shape index (κ1) is 19.5. The van der Waals surface area contributed by atoms with Crippen molar-refractivity contribution in [2.45, 2.75) is 44.4 Å². The fraction of sp³-hybridized carbons (Fsp3) is 0.455. The van der Waals surface area contributed by atoms with Crippen molar-refractivity contribution in [2.75, 3.05) is 20.8 Å². The standard InChI is InChI=1S/C22H29NO4/c1-25-19-12-18(14-23-16-22(24)10-6-7-11-22)13-20(26-2)21(19)27-15-17-8-4-3-5-9-17/h3-5,8-9,12-13,23-24H,6-7,10-11,14-16H2,1-2H3. The van der Waals surface area contributed by atoms with E-state index in [1.807, 2.05) is 42.5 Å². The van der Waals surface area contributed by atoms with Gasteiger partial charge in [0.05, 0.1) is 19.8 Å². The maximum Gasteiger partial charge on any atom is 0.203 e. The van der Waals surface area contributed by atoms with Crippen molar-refractivity contribution in [2.24, 2.45) is 0 Å². The lowest BCUT2D eigenvalue weighted by atomic mass is 10.0. The number of benzene rings is 2. The van der Waals surface area contributed by atoms with Gasteiger partial charge in [-0.3, -0.25) is 0 Å². The summed E-state index contributed by atoms with van der Waals surface area (Å²) in [5, 5.41) is 13.8. The van der Waals surface area contributed by atoms with Crippen LogP contribution in [0.5, 0.6) is 17.2 Å². The third kappa shape index (κ3) is 5.15. The summed E-state index contributed by atoms with van der Waals surface area (Å²) in [7, 11) is 3.26. The first-order valence-electron chi connectivity index (χ1n) is 9.48. The molecule has 3 rings (SSSR count). The van der Waals surface area contributed by atoms with Crippen LogP contribution >= 0.6 is 0 Å². The molecule has 0 spiro atoms. The molecular weight excluding hydrogens is 342 g/mol. The summed E-state index contributed by atoms with van der Waals surface area (Å²) >= 11 is 0. The first-order valence-corrected chi connectivity index (χ1v) is 9.48. The quantitative estimate of drug-likeness (QED) is 0.704. The second-order valence-electron chi connectivity index (χ2n) is 7.14. The Hall–Kier alpha value is -2.24. The molecule has 0 aromatic heterocycles. The van der Waals surface area contributed by atoms with E-state index in [-0.39, 0.29) is 0 Å². The maximum absolute atomic E-state index is 10.5. The number of ether oxygens (including phenoxy) is 3. The van der Waals surface area contributed by atoms with E-state index in [2.05, 4.69) is 5.32 Å². The van der Waals surface area contributed by atoms with Gasteiger partial charge in [0.15, 0.2) is 11.5 Å². The molecule has 0 radical (unpaired) electrons. The number of hydrogen-bond donors (Lipinski definition) is 2. The zero-order valence-electron chi connectivity index (χ0n) is 16.2. The van der Waals surface area contributed by atoms with Crippen LogP contribution in [0.15, 0.2) is 42.5 Å². The Bertz CT molecular complexity index is 701. The summed E-state index contributed by atoms with van der Waals surface area (Å²) in [5.41, 5.74) is 1.54. The highest BCUT2D eigenvalue weighted by Gasteiger charge is 2.30. The van der Waals surface area contributed by atoms with Crippen molar-refractivity contribution in [1.82, 2.24) is 5.32 Å². The topological polar surface area (TPSA) is 60.0 Å². The van der Waals surface area contributed by atoms with Crippen LogP contribution in [0.25, 0.3) is 0 Å². The number of aliphatic hydroxyl groups is 1. The summed E-state index contributed by atoms with van der Waals surface area (Å²) in [6, 6.07) is 13.9. The van der Waals surface area contributed by atoms with E-state index in [0.717, 1.165) is 36.8 Å². The van der Waals surface area contributed by atoms with Crippen molar-refractivity contribution in [1.29, 1.82) is 0 Å².